The molecule has 2 amide bonds. The molecule has 1 rings (SSSR count). The van der Waals surface area contributed by atoms with Gasteiger partial charge in [0.25, 0.3) is 5.91 Å². The van der Waals surface area contributed by atoms with Crippen LogP contribution in [0.15, 0.2) is 21.4 Å². The van der Waals surface area contributed by atoms with Crippen molar-refractivity contribution in [3.63, 3.8) is 0 Å². The first kappa shape index (κ1) is 13.2. The lowest BCUT2D eigenvalue weighted by atomic mass is 10.3. The lowest BCUT2D eigenvalue weighted by molar-refractivity contribution is -0.138. The minimum atomic E-state index is -1.24. The Morgan fingerprint density at radius 2 is 2.06 bits per heavy atom. The van der Waals surface area contributed by atoms with Gasteiger partial charge in [-0.2, -0.15) is 0 Å². The van der Waals surface area contributed by atoms with Gasteiger partial charge in [-0.1, -0.05) is 0 Å². The molecule has 3 N–H and O–H groups in total. The molecule has 0 spiro atoms. The second-order valence-corrected chi connectivity index (χ2v) is 3.85. The van der Waals surface area contributed by atoms with E-state index in [-0.39, 0.29) is 10.2 Å². The zero-order valence-corrected chi connectivity index (χ0v) is 10.1. The summed E-state index contributed by atoms with van der Waals surface area (Å²) < 4.78 is 5.02. The van der Waals surface area contributed by atoms with Crippen molar-refractivity contribution >= 4 is 33.7 Å². The molecule has 0 saturated heterocycles. The predicted octanol–water partition coefficient (Wildman–Crippen LogP) is 0.0542. The maximum Gasteiger partial charge on any atom is 0.323 e. The van der Waals surface area contributed by atoms with Gasteiger partial charge in [0.15, 0.2) is 4.67 Å². The van der Waals surface area contributed by atoms with E-state index >= 15 is 0 Å². The molecule has 0 bridgehead atoms. The minimum absolute atomic E-state index is 0.132. The standard InChI is InChI=1S/C9H9BrN2O5/c10-8-5(1-2-17-8)9(16)12(3-6(11)13)4-7(14)15/h1-2H,3-4H2,(H2,11,13)(H,14,15). The Morgan fingerprint density at radius 1 is 1.41 bits per heavy atom. The van der Waals surface area contributed by atoms with Gasteiger partial charge in [0.2, 0.25) is 5.91 Å². The van der Waals surface area contributed by atoms with Crippen molar-refractivity contribution in [1.29, 1.82) is 0 Å². The molecule has 7 nitrogen and oxygen atoms in total. The van der Waals surface area contributed by atoms with Crippen LogP contribution in [0.5, 0.6) is 0 Å². The monoisotopic (exact) mass is 304 g/mol. The zero-order valence-electron chi connectivity index (χ0n) is 8.55. The fourth-order valence-corrected chi connectivity index (χ4v) is 1.58. The first-order valence-corrected chi connectivity index (χ1v) is 5.23. The SMILES string of the molecule is NC(=O)CN(CC(=O)O)C(=O)c1ccoc1Br. The van der Waals surface area contributed by atoms with E-state index in [0.717, 1.165) is 4.90 Å². The largest absolute Gasteiger partial charge is 0.480 e. The highest BCUT2D eigenvalue weighted by molar-refractivity contribution is 9.10. The average Bonchev–Trinajstić information content (AvgIpc) is 2.61. The van der Waals surface area contributed by atoms with Gasteiger partial charge in [0, 0.05) is 0 Å². The van der Waals surface area contributed by atoms with Crippen LogP contribution in [-0.2, 0) is 9.59 Å². The Labute approximate surface area is 104 Å². The van der Waals surface area contributed by atoms with E-state index in [2.05, 4.69) is 15.9 Å². The fraction of sp³-hybridized carbons (Fsp3) is 0.222. The third kappa shape index (κ3) is 3.59. The van der Waals surface area contributed by atoms with Gasteiger partial charge in [-0.15, -0.1) is 0 Å². The van der Waals surface area contributed by atoms with Gasteiger partial charge < -0.3 is 20.2 Å². The normalized spacial score (nSPS) is 9.94. The number of hydrogen-bond acceptors (Lipinski definition) is 4. The topological polar surface area (TPSA) is 114 Å². The van der Waals surface area contributed by atoms with Crippen LogP contribution in [0.2, 0.25) is 0 Å². The number of carbonyl (C=O) groups excluding carboxylic acids is 2. The van der Waals surface area contributed by atoms with E-state index in [4.69, 9.17) is 15.3 Å². The van der Waals surface area contributed by atoms with Crippen molar-refractivity contribution in [2.24, 2.45) is 5.73 Å². The first-order valence-electron chi connectivity index (χ1n) is 4.44. The van der Waals surface area contributed by atoms with Gasteiger partial charge in [0.1, 0.15) is 13.1 Å². The van der Waals surface area contributed by atoms with Gasteiger partial charge in [-0.25, -0.2) is 0 Å². The second-order valence-electron chi connectivity index (χ2n) is 3.13. The van der Waals surface area contributed by atoms with E-state index in [1.165, 1.54) is 12.3 Å². The average molecular weight is 305 g/mol. The van der Waals surface area contributed by atoms with Crippen molar-refractivity contribution in [2.75, 3.05) is 13.1 Å². The maximum absolute atomic E-state index is 11.9. The summed E-state index contributed by atoms with van der Waals surface area (Å²) in [6, 6.07) is 1.36. The summed E-state index contributed by atoms with van der Waals surface area (Å²) in [6.07, 6.45) is 1.26. The van der Waals surface area contributed by atoms with Crippen LogP contribution < -0.4 is 5.73 Å². The third-order valence-electron chi connectivity index (χ3n) is 1.81. The summed E-state index contributed by atoms with van der Waals surface area (Å²) in [7, 11) is 0. The minimum Gasteiger partial charge on any atom is -0.480 e. The summed E-state index contributed by atoms with van der Waals surface area (Å²) >= 11 is 2.99. The summed E-state index contributed by atoms with van der Waals surface area (Å²) in [5.41, 5.74) is 5.07. The summed E-state index contributed by atoms with van der Waals surface area (Å²) in [5.74, 6) is -2.68. The predicted molar refractivity (Wildman–Crippen MR) is 59.1 cm³/mol. The second kappa shape index (κ2) is 5.48. The summed E-state index contributed by atoms with van der Waals surface area (Å²) in [6.45, 7) is -1.08. The smallest absolute Gasteiger partial charge is 0.323 e. The molecule has 1 heterocycles. The van der Waals surface area contributed by atoms with Crippen molar-refractivity contribution in [1.82, 2.24) is 4.90 Å². The molecular formula is C9H9BrN2O5. The molecule has 0 aromatic carbocycles. The number of hydrogen-bond donors (Lipinski definition) is 2. The fourth-order valence-electron chi connectivity index (χ4n) is 1.17. The molecule has 0 aliphatic heterocycles. The molecule has 0 unspecified atom stereocenters. The molecule has 0 aliphatic carbocycles. The molecule has 1 aromatic heterocycles. The number of carboxylic acid groups (broad SMARTS) is 1. The van der Waals surface area contributed by atoms with E-state index in [1.54, 1.807) is 0 Å². The lowest BCUT2D eigenvalue weighted by Crippen LogP contribution is -2.41. The number of primary amides is 1. The van der Waals surface area contributed by atoms with E-state index in [1.807, 2.05) is 0 Å². The highest BCUT2D eigenvalue weighted by Crippen LogP contribution is 2.19. The van der Waals surface area contributed by atoms with Gasteiger partial charge in [0.05, 0.1) is 11.8 Å². The Hall–Kier alpha value is -1.83. The number of rotatable bonds is 5. The van der Waals surface area contributed by atoms with Crippen LogP contribution in [-0.4, -0.2) is 40.9 Å². The maximum atomic E-state index is 11.9. The molecular weight excluding hydrogens is 296 g/mol. The van der Waals surface area contributed by atoms with Crippen molar-refractivity contribution in [3.05, 3.63) is 22.6 Å². The zero-order chi connectivity index (χ0) is 13.0. The Kier molecular flexibility index (Phi) is 4.27. The van der Waals surface area contributed by atoms with Crippen LogP contribution in [0.1, 0.15) is 10.4 Å². The number of halogens is 1. The van der Waals surface area contributed by atoms with Crippen LogP contribution in [0.4, 0.5) is 0 Å². The van der Waals surface area contributed by atoms with Crippen LogP contribution in [0, 0.1) is 0 Å². The molecule has 8 heteroatoms. The molecule has 0 saturated carbocycles. The number of nitrogens with zero attached hydrogens (tertiary/aromatic N) is 1. The highest BCUT2D eigenvalue weighted by atomic mass is 79.9. The van der Waals surface area contributed by atoms with Crippen molar-refractivity contribution in [3.8, 4) is 0 Å². The van der Waals surface area contributed by atoms with Gasteiger partial charge in [-0.05, 0) is 22.0 Å². The molecule has 17 heavy (non-hydrogen) atoms. The molecule has 92 valence electrons. The molecule has 0 radical (unpaired) electrons. The highest BCUT2D eigenvalue weighted by Gasteiger charge is 2.23. The Morgan fingerprint density at radius 3 is 2.47 bits per heavy atom. The summed E-state index contributed by atoms with van der Waals surface area (Å²) in [5, 5.41) is 8.63. The number of carboxylic acids is 1. The number of amides is 2. The van der Waals surface area contributed by atoms with E-state index in [0.29, 0.717) is 0 Å². The van der Waals surface area contributed by atoms with E-state index in [9.17, 15) is 14.4 Å². The first-order chi connectivity index (χ1) is 7.91. The van der Waals surface area contributed by atoms with Gasteiger partial charge in [-0.3, -0.25) is 14.4 Å². The van der Waals surface area contributed by atoms with Crippen LogP contribution >= 0.6 is 15.9 Å². The quantitative estimate of drug-likeness (QED) is 0.798. The van der Waals surface area contributed by atoms with E-state index < -0.39 is 30.9 Å². The van der Waals surface area contributed by atoms with Crippen LogP contribution in [0.3, 0.4) is 0 Å². The third-order valence-corrected chi connectivity index (χ3v) is 2.42. The molecule has 0 fully saturated rings. The lowest BCUT2D eigenvalue weighted by Gasteiger charge is -2.18. The summed E-state index contributed by atoms with van der Waals surface area (Å²) in [4.78, 5) is 34.0. The van der Waals surface area contributed by atoms with Crippen molar-refractivity contribution < 1.29 is 23.9 Å². The Balaban J connectivity index is 2.90. The molecule has 0 aliphatic rings. The molecule has 0 atom stereocenters. The Bertz CT molecular complexity index is 440. The van der Waals surface area contributed by atoms with Crippen LogP contribution in [0.25, 0.3) is 0 Å². The number of furan rings is 1. The number of carbonyl (C=O) groups is 3. The van der Waals surface area contributed by atoms with Gasteiger partial charge >= 0.3 is 5.97 Å². The number of aliphatic carboxylic acids is 1. The van der Waals surface area contributed by atoms with Crippen molar-refractivity contribution in [2.45, 2.75) is 0 Å². The number of nitrogens with two attached hydrogens (primary N) is 1. The molecule has 1 aromatic rings.